The normalized spacial score (nSPS) is 18.2. The van der Waals surface area contributed by atoms with Crippen molar-refractivity contribution in [2.24, 2.45) is 0 Å². The summed E-state index contributed by atoms with van der Waals surface area (Å²) in [6.07, 6.45) is -0.342. The highest BCUT2D eigenvalue weighted by Gasteiger charge is 2.34. The lowest BCUT2D eigenvalue weighted by atomic mass is 9.98. The van der Waals surface area contributed by atoms with E-state index in [2.05, 4.69) is 29.6 Å². The molecule has 1 aliphatic heterocycles. The van der Waals surface area contributed by atoms with E-state index in [9.17, 15) is 19.5 Å². The van der Waals surface area contributed by atoms with Crippen molar-refractivity contribution < 1.29 is 24.2 Å². The molecule has 0 saturated carbocycles. The van der Waals surface area contributed by atoms with Crippen molar-refractivity contribution in [3.8, 4) is 11.1 Å². The second-order valence-electron chi connectivity index (χ2n) is 8.29. The van der Waals surface area contributed by atoms with E-state index < -0.39 is 18.1 Å². The van der Waals surface area contributed by atoms with Crippen molar-refractivity contribution >= 4 is 29.7 Å². The number of nitrogens with zero attached hydrogens (tertiary/aromatic N) is 1. The van der Waals surface area contributed by atoms with Crippen molar-refractivity contribution in [1.29, 1.82) is 0 Å². The predicted molar refractivity (Wildman–Crippen MR) is 127 cm³/mol. The summed E-state index contributed by atoms with van der Waals surface area (Å²) in [4.78, 5) is 38.5. The Morgan fingerprint density at radius 3 is 2.36 bits per heavy atom. The molecule has 2 N–H and O–H groups in total. The fourth-order valence-electron chi connectivity index (χ4n) is 4.64. The number of aliphatic carboxylic acids is 1. The maximum atomic E-state index is 13.1. The van der Waals surface area contributed by atoms with E-state index in [0.29, 0.717) is 18.7 Å². The number of thioether (sulfide) groups is 1. The van der Waals surface area contributed by atoms with Crippen molar-refractivity contribution in [3.05, 3.63) is 59.7 Å². The van der Waals surface area contributed by atoms with E-state index >= 15 is 0 Å². The minimum atomic E-state index is -0.933. The molecule has 7 nitrogen and oxygen atoms in total. The molecule has 1 saturated heterocycles. The zero-order valence-corrected chi connectivity index (χ0v) is 19.3. The van der Waals surface area contributed by atoms with Gasteiger partial charge in [0.2, 0.25) is 5.91 Å². The zero-order chi connectivity index (χ0) is 23.4. The summed E-state index contributed by atoms with van der Waals surface area (Å²) in [5.74, 6) is 0.0937. The number of carbonyl (C=O) groups is 3. The number of alkyl carbamates (subject to hydrolysis) is 1. The molecule has 2 unspecified atom stereocenters. The number of carbonyl (C=O) groups excluding carboxylic acids is 2. The number of carboxylic acid groups (broad SMARTS) is 1. The molecule has 1 aliphatic carbocycles. The van der Waals surface area contributed by atoms with E-state index in [1.807, 2.05) is 31.2 Å². The number of nitrogens with one attached hydrogen (secondary N) is 1. The lowest BCUT2D eigenvalue weighted by Crippen LogP contribution is -2.55. The van der Waals surface area contributed by atoms with Crippen LogP contribution in [0.3, 0.4) is 0 Å². The maximum absolute atomic E-state index is 13.1. The van der Waals surface area contributed by atoms with Gasteiger partial charge in [-0.1, -0.05) is 55.5 Å². The highest BCUT2D eigenvalue weighted by Crippen LogP contribution is 2.44. The van der Waals surface area contributed by atoms with E-state index in [-0.39, 0.29) is 30.9 Å². The summed E-state index contributed by atoms with van der Waals surface area (Å²) in [5.41, 5.74) is 4.54. The Labute approximate surface area is 197 Å². The molecule has 4 rings (SSSR count). The van der Waals surface area contributed by atoms with Gasteiger partial charge in [0.05, 0.1) is 12.5 Å². The van der Waals surface area contributed by atoms with Crippen molar-refractivity contribution in [2.75, 3.05) is 24.7 Å². The molecule has 1 fully saturated rings. The smallest absolute Gasteiger partial charge is 0.407 e. The van der Waals surface area contributed by atoms with Gasteiger partial charge in [0.15, 0.2) is 0 Å². The van der Waals surface area contributed by atoms with Crippen molar-refractivity contribution in [2.45, 2.75) is 37.8 Å². The number of carboxylic acids is 1. The lowest BCUT2D eigenvalue weighted by molar-refractivity contribution is -0.141. The van der Waals surface area contributed by atoms with Gasteiger partial charge in [0.25, 0.3) is 0 Å². The SMILES string of the molecule is CCC(NC(=O)OCC1c2ccccc2-c2ccccc21)C(=O)N1CCSCC1CC(=O)O. The van der Waals surface area contributed by atoms with Gasteiger partial charge in [-0.3, -0.25) is 9.59 Å². The fourth-order valence-corrected chi connectivity index (χ4v) is 5.70. The second kappa shape index (κ2) is 10.3. The summed E-state index contributed by atoms with van der Waals surface area (Å²) in [5, 5.41) is 11.9. The van der Waals surface area contributed by atoms with Crippen LogP contribution in [0.15, 0.2) is 48.5 Å². The molecule has 0 radical (unpaired) electrons. The van der Waals surface area contributed by atoms with Gasteiger partial charge in [-0.05, 0) is 28.7 Å². The number of fused-ring (bicyclic) bond motifs is 3. The van der Waals surface area contributed by atoms with Crippen molar-refractivity contribution in [3.63, 3.8) is 0 Å². The van der Waals surface area contributed by atoms with Crippen molar-refractivity contribution in [1.82, 2.24) is 10.2 Å². The van der Waals surface area contributed by atoms with Crippen LogP contribution in [-0.4, -0.2) is 64.7 Å². The summed E-state index contributed by atoms with van der Waals surface area (Å²) < 4.78 is 5.58. The molecule has 2 aliphatic rings. The minimum Gasteiger partial charge on any atom is -0.481 e. The summed E-state index contributed by atoms with van der Waals surface area (Å²) >= 11 is 1.64. The first-order chi connectivity index (χ1) is 16.0. The molecule has 0 bridgehead atoms. The average molecular weight is 469 g/mol. The molecular weight excluding hydrogens is 440 g/mol. The van der Waals surface area contributed by atoms with Gasteiger partial charge >= 0.3 is 12.1 Å². The van der Waals surface area contributed by atoms with Crippen LogP contribution in [0.5, 0.6) is 0 Å². The molecule has 2 aromatic carbocycles. The van der Waals surface area contributed by atoms with E-state index in [0.717, 1.165) is 28.0 Å². The van der Waals surface area contributed by atoms with Crippen LogP contribution in [-0.2, 0) is 14.3 Å². The predicted octanol–water partition coefficient (Wildman–Crippen LogP) is 3.72. The maximum Gasteiger partial charge on any atom is 0.407 e. The van der Waals surface area contributed by atoms with Gasteiger partial charge in [-0.2, -0.15) is 11.8 Å². The first-order valence-electron chi connectivity index (χ1n) is 11.2. The first kappa shape index (κ1) is 23.2. The summed E-state index contributed by atoms with van der Waals surface area (Å²) in [6.45, 7) is 2.47. The highest BCUT2D eigenvalue weighted by atomic mass is 32.2. The van der Waals surface area contributed by atoms with Crippen LogP contribution in [0, 0.1) is 0 Å². The van der Waals surface area contributed by atoms with Crippen LogP contribution < -0.4 is 5.32 Å². The molecule has 2 aromatic rings. The Hall–Kier alpha value is -3.00. The molecule has 174 valence electrons. The summed E-state index contributed by atoms with van der Waals surface area (Å²) in [7, 11) is 0. The van der Waals surface area contributed by atoms with Gasteiger partial charge in [0.1, 0.15) is 12.6 Å². The molecule has 1 heterocycles. The number of benzene rings is 2. The van der Waals surface area contributed by atoms with Gasteiger partial charge < -0.3 is 20.1 Å². The zero-order valence-electron chi connectivity index (χ0n) is 18.5. The third kappa shape index (κ3) is 5.00. The largest absolute Gasteiger partial charge is 0.481 e. The molecule has 0 aromatic heterocycles. The average Bonchev–Trinajstić information content (AvgIpc) is 3.14. The topological polar surface area (TPSA) is 95.9 Å². The third-order valence-electron chi connectivity index (χ3n) is 6.26. The van der Waals surface area contributed by atoms with E-state index in [4.69, 9.17) is 4.74 Å². The van der Waals surface area contributed by atoms with Crippen LogP contribution in [0.4, 0.5) is 4.79 Å². The monoisotopic (exact) mass is 468 g/mol. The third-order valence-corrected chi connectivity index (χ3v) is 7.35. The first-order valence-corrected chi connectivity index (χ1v) is 12.4. The molecule has 33 heavy (non-hydrogen) atoms. The Balaban J connectivity index is 1.40. The van der Waals surface area contributed by atoms with E-state index in [1.165, 1.54) is 0 Å². The second-order valence-corrected chi connectivity index (χ2v) is 9.44. The minimum absolute atomic E-state index is 0.0574. The Morgan fingerprint density at radius 2 is 1.76 bits per heavy atom. The number of amides is 2. The van der Waals surface area contributed by atoms with Gasteiger partial charge in [0, 0.05) is 24.0 Å². The molecule has 2 amide bonds. The number of ether oxygens (including phenoxy) is 1. The molecule has 8 heteroatoms. The quantitative estimate of drug-likeness (QED) is 0.643. The fraction of sp³-hybridized carbons (Fsp3) is 0.400. The van der Waals surface area contributed by atoms with Crippen LogP contribution >= 0.6 is 11.8 Å². The summed E-state index contributed by atoms with van der Waals surface area (Å²) in [6, 6.07) is 15.1. The number of hydrogen-bond donors (Lipinski definition) is 2. The molecule has 0 spiro atoms. The van der Waals surface area contributed by atoms with Crippen LogP contribution in [0.1, 0.15) is 36.8 Å². The number of rotatable bonds is 7. The van der Waals surface area contributed by atoms with Gasteiger partial charge in [-0.25, -0.2) is 4.79 Å². The van der Waals surface area contributed by atoms with Crippen LogP contribution in [0.2, 0.25) is 0 Å². The standard InChI is InChI=1S/C25H28N2O5S/c1-2-22(24(30)27-11-12-33-15-16(27)13-23(28)29)26-25(31)32-14-21-19-9-5-3-7-17(19)18-8-4-6-10-20(18)21/h3-10,16,21-22H,2,11-15H2,1H3,(H,26,31)(H,28,29). The lowest BCUT2D eigenvalue weighted by Gasteiger charge is -2.36. The molecular formula is C25H28N2O5S. The van der Waals surface area contributed by atoms with E-state index in [1.54, 1.807) is 16.7 Å². The number of hydrogen-bond acceptors (Lipinski definition) is 5. The Morgan fingerprint density at radius 1 is 1.12 bits per heavy atom. The Kier molecular flexibility index (Phi) is 7.23. The highest BCUT2D eigenvalue weighted by molar-refractivity contribution is 7.99. The Bertz CT molecular complexity index is 997. The molecule has 2 atom stereocenters. The van der Waals surface area contributed by atoms with Crippen LogP contribution in [0.25, 0.3) is 11.1 Å². The van der Waals surface area contributed by atoms with Gasteiger partial charge in [-0.15, -0.1) is 0 Å².